The van der Waals surface area contributed by atoms with E-state index in [1.807, 2.05) is 64.1 Å². The molecule has 0 saturated carbocycles. The summed E-state index contributed by atoms with van der Waals surface area (Å²) >= 11 is 8.79. The molecule has 0 spiro atoms. The molecule has 156 valence electrons. The second-order valence-electron chi connectivity index (χ2n) is 6.52. The predicted molar refractivity (Wildman–Crippen MR) is 147 cm³/mol. The van der Waals surface area contributed by atoms with E-state index in [1.165, 1.54) is 22.4 Å². The number of hydrogen-bond acceptors (Lipinski definition) is 4. The van der Waals surface area contributed by atoms with E-state index in [0.29, 0.717) is 0 Å². The van der Waals surface area contributed by atoms with Gasteiger partial charge in [-0.2, -0.15) is 0 Å². The zero-order valence-corrected chi connectivity index (χ0v) is 20.4. The summed E-state index contributed by atoms with van der Waals surface area (Å²) in [5.74, 6) is 1.20. The Kier molecular flexibility index (Phi) is 10.3. The van der Waals surface area contributed by atoms with Gasteiger partial charge in [-0.05, 0) is 33.7 Å². The third-order valence-corrected chi connectivity index (χ3v) is 7.31. The molecule has 0 aliphatic carbocycles. The van der Waals surface area contributed by atoms with Gasteiger partial charge >= 0.3 is 0 Å². The van der Waals surface area contributed by atoms with Crippen molar-refractivity contribution in [2.24, 2.45) is 0 Å². The SMILES string of the molecule is C1=CSSC1.Sc1cccc(-c2ccccc2)c1S.c1ccc(-c2ccccc2)cc1. The Morgan fingerprint density at radius 2 is 1.06 bits per heavy atom. The fraction of sp³-hybridized carbons (Fsp3) is 0.0370. The Morgan fingerprint density at radius 3 is 1.48 bits per heavy atom. The third-order valence-electron chi connectivity index (χ3n) is 4.36. The van der Waals surface area contributed by atoms with E-state index in [4.69, 9.17) is 0 Å². The molecule has 0 nitrogen and oxygen atoms in total. The summed E-state index contributed by atoms with van der Waals surface area (Å²) in [4.78, 5) is 1.84. The number of benzene rings is 4. The van der Waals surface area contributed by atoms with Crippen molar-refractivity contribution in [3.63, 3.8) is 0 Å². The lowest BCUT2D eigenvalue weighted by Crippen LogP contribution is -1.80. The Labute approximate surface area is 204 Å². The highest BCUT2D eigenvalue weighted by Crippen LogP contribution is 2.30. The number of rotatable bonds is 2. The molecule has 31 heavy (non-hydrogen) atoms. The van der Waals surface area contributed by atoms with Gasteiger partial charge in [0.2, 0.25) is 0 Å². The molecule has 4 heteroatoms. The van der Waals surface area contributed by atoms with E-state index in [2.05, 4.69) is 103 Å². The molecule has 5 rings (SSSR count). The van der Waals surface area contributed by atoms with Crippen molar-refractivity contribution >= 4 is 46.8 Å². The van der Waals surface area contributed by atoms with Crippen molar-refractivity contribution in [3.05, 3.63) is 121 Å². The quantitative estimate of drug-likeness (QED) is 0.219. The molecule has 0 saturated heterocycles. The van der Waals surface area contributed by atoms with Crippen molar-refractivity contribution < 1.29 is 0 Å². The molecule has 0 radical (unpaired) electrons. The zero-order valence-electron chi connectivity index (χ0n) is 17.0. The predicted octanol–water partition coefficient (Wildman–Crippen LogP) is 9.18. The first-order chi connectivity index (χ1) is 15.3. The maximum atomic E-state index is 4.45. The molecule has 1 heterocycles. The van der Waals surface area contributed by atoms with Crippen molar-refractivity contribution in [2.75, 3.05) is 5.75 Å². The van der Waals surface area contributed by atoms with Crippen molar-refractivity contribution in [1.82, 2.24) is 0 Å². The van der Waals surface area contributed by atoms with Crippen LogP contribution >= 0.6 is 46.8 Å². The summed E-state index contributed by atoms with van der Waals surface area (Å²) in [7, 11) is 3.69. The van der Waals surface area contributed by atoms with E-state index < -0.39 is 0 Å². The monoisotopic (exact) mass is 476 g/mol. The second kappa shape index (κ2) is 13.4. The van der Waals surface area contributed by atoms with Crippen LogP contribution in [0.2, 0.25) is 0 Å². The first-order valence-corrected chi connectivity index (χ1v) is 13.1. The molecule has 0 unspecified atom stereocenters. The van der Waals surface area contributed by atoms with Gasteiger partial charge < -0.3 is 0 Å². The maximum Gasteiger partial charge on any atom is 0.0253 e. The van der Waals surface area contributed by atoms with Crippen molar-refractivity contribution in [2.45, 2.75) is 9.79 Å². The molecule has 0 atom stereocenters. The Hall–Kier alpha value is -1.98. The zero-order chi connectivity index (χ0) is 21.7. The molecular weight excluding hydrogens is 453 g/mol. The van der Waals surface area contributed by atoms with Crippen LogP contribution in [-0.4, -0.2) is 5.75 Å². The molecule has 4 aromatic rings. The molecular formula is C27H24S4. The summed E-state index contributed by atoms with van der Waals surface area (Å²) in [6.07, 6.45) is 2.16. The average molecular weight is 477 g/mol. The van der Waals surface area contributed by atoms with Crippen LogP contribution < -0.4 is 0 Å². The van der Waals surface area contributed by atoms with Gasteiger partial charge in [-0.25, -0.2) is 0 Å². The van der Waals surface area contributed by atoms with Gasteiger partial charge in [0, 0.05) is 15.5 Å². The Balaban J connectivity index is 0.000000145. The maximum absolute atomic E-state index is 4.45. The van der Waals surface area contributed by atoms with Gasteiger partial charge in [-0.15, -0.1) is 25.3 Å². The van der Waals surface area contributed by atoms with Gasteiger partial charge in [0.25, 0.3) is 0 Å². The van der Waals surface area contributed by atoms with E-state index in [9.17, 15) is 0 Å². The topological polar surface area (TPSA) is 0 Å². The Bertz CT molecular complexity index is 1020. The summed E-state index contributed by atoms with van der Waals surface area (Å²) in [5.41, 5.74) is 4.85. The van der Waals surface area contributed by atoms with E-state index in [-0.39, 0.29) is 0 Å². The molecule has 4 aromatic carbocycles. The second-order valence-corrected chi connectivity index (χ2v) is 9.77. The van der Waals surface area contributed by atoms with E-state index in [0.717, 1.165) is 15.4 Å². The lowest BCUT2D eigenvalue weighted by Gasteiger charge is -2.06. The van der Waals surface area contributed by atoms with Crippen LogP contribution in [0.3, 0.4) is 0 Å². The van der Waals surface area contributed by atoms with Gasteiger partial charge in [0.05, 0.1) is 0 Å². The lowest BCUT2D eigenvalue weighted by molar-refractivity contribution is 1.27. The summed E-state index contributed by atoms with van der Waals surface area (Å²) in [6.45, 7) is 0. The standard InChI is InChI=1S/C12H10S2.C12H10.C3H4S2/c13-11-8-4-7-10(12(11)14)9-5-2-1-3-6-9;1-3-7-11(8-4-1)12-9-5-2-6-10-12;1-2-4-5-3-1/h1-8,13-14H;1-10H;1-2H,3H2. The summed E-state index contributed by atoms with van der Waals surface area (Å²) in [6, 6.07) is 37.0. The lowest BCUT2D eigenvalue weighted by atomic mass is 10.1. The van der Waals surface area contributed by atoms with Gasteiger partial charge in [-0.3, -0.25) is 0 Å². The van der Waals surface area contributed by atoms with Crippen LogP contribution in [0.4, 0.5) is 0 Å². The van der Waals surface area contributed by atoms with Crippen LogP contribution in [0.1, 0.15) is 0 Å². The van der Waals surface area contributed by atoms with Crippen LogP contribution in [-0.2, 0) is 0 Å². The van der Waals surface area contributed by atoms with Gasteiger partial charge in [0.1, 0.15) is 0 Å². The average Bonchev–Trinajstić information content (AvgIpc) is 3.44. The summed E-state index contributed by atoms with van der Waals surface area (Å²) < 4.78 is 0. The smallest absolute Gasteiger partial charge is 0.0253 e. The highest BCUT2D eigenvalue weighted by atomic mass is 33.1. The fourth-order valence-corrected chi connectivity index (χ4v) is 4.90. The molecule has 0 aromatic heterocycles. The van der Waals surface area contributed by atoms with Gasteiger partial charge in [-0.1, -0.05) is 131 Å². The van der Waals surface area contributed by atoms with Crippen LogP contribution in [0.15, 0.2) is 130 Å². The highest BCUT2D eigenvalue weighted by Gasteiger charge is 2.03. The number of hydrogen-bond donors (Lipinski definition) is 2. The van der Waals surface area contributed by atoms with Crippen molar-refractivity contribution in [3.8, 4) is 22.3 Å². The fourth-order valence-electron chi connectivity index (χ4n) is 2.84. The minimum absolute atomic E-state index is 0.912. The van der Waals surface area contributed by atoms with E-state index in [1.54, 1.807) is 0 Å². The van der Waals surface area contributed by atoms with Crippen LogP contribution in [0.25, 0.3) is 22.3 Å². The van der Waals surface area contributed by atoms with Crippen LogP contribution in [0.5, 0.6) is 0 Å². The number of thiol groups is 2. The third kappa shape index (κ3) is 7.89. The van der Waals surface area contributed by atoms with Crippen molar-refractivity contribution in [1.29, 1.82) is 0 Å². The Morgan fingerprint density at radius 1 is 0.548 bits per heavy atom. The largest absolute Gasteiger partial charge is 0.142 e. The first kappa shape index (κ1) is 23.7. The molecule has 0 bridgehead atoms. The minimum atomic E-state index is 0.912. The molecule has 0 amide bonds. The minimum Gasteiger partial charge on any atom is -0.142 e. The normalized spacial score (nSPS) is 11.7. The molecule has 0 fully saturated rings. The van der Waals surface area contributed by atoms with Gasteiger partial charge in [0.15, 0.2) is 0 Å². The van der Waals surface area contributed by atoms with Crippen LogP contribution in [0, 0.1) is 0 Å². The molecule has 1 aliphatic rings. The molecule has 1 aliphatic heterocycles. The first-order valence-electron chi connectivity index (χ1n) is 9.86. The summed E-state index contributed by atoms with van der Waals surface area (Å²) in [5, 5.41) is 2.12. The molecule has 0 N–H and O–H groups in total. The van der Waals surface area contributed by atoms with E-state index >= 15 is 0 Å². The highest BCUT2D eigenvalue weighted by molar-refractivity contribution is 8.78.